The molecule has 5 rings (SSSR count). The minimum absolute atomic E-state index is 0.109. The van der Waals surface area contributed by atoms with E-state index in [2.05, 4.69) is 44.5 Å². The average molecular weight is 783 g/mol. The van der Waals surface area contributed by atoms with Crippen LogP contribution in [0.4, 0.5) is 9.18 Å². The number of amides is 2. The Hall–Kier alpha value is -4.51. The molecule has 1 aliphatic rings. The van der Waals surface area contributed by atoms with Crippen LogP contribution < -0.4 is 15.4 Å². The number of aliphatic hydroxyl groups excluding tert-OH is 1. The molecule has 4 unspecified atom stereocenters. The average Bonchev–Trinajstić information content (AvgIpc) is 3.45. The van der Waals surface area contributed by atoms with Gasteiger partial charge in [0.05, 0.1) is 24.3 Å². The summed E-state index contributed by atoms with van der Waals surface area (Å²) in [5, 5.41) is 17.2. The van der Waals surface area contributed by atoms with Gasteiger partial charge in [-0.2, -0.15) is 0 Å². The van der Waals surface area contributed by atoms with Crippen molar-refractivity contribution in [2.24, 2.45) is 5.92 Å². The van der Waals surface area contributed by atoms with E-state index in [1.54, 1.807) is 12.1 Å². The van der Waals surface area contributed by atoms with Gasteiger partial charge < -0.3 is 29.6 Å². The van der Waals surface area contributed by atoms with Gasteiger partial charge >= 0.3 is 6.09 Å². The lowest BCUT2D eigenvalue weighted by Crippen LogP contribution is -2.54. The van der Waals surface area contributed by atoms with E-state index < -0.39 is 56.0 Å². The maximum absolute atomic E-state index is 14.8. The number of hydrogen-bond donors (Lipinski definition) is 3. The van der Waals surface area contributed by atoms with Crippen LogP contribution in [0, 0.1) is 11.7 Å². The summed E-state index contributed by atoms with van der Waals surface area (Å²) >= 11 is 0. The molecule has 300 valence electrons. The molecule has 0 fully saturated rings. The molecular weight excluding hydrogens is 724 g/mol. The third-order valence-corrected chi connectivity index (χ3v) is 15.3. The van der Waals surface area contributed by atoms with E-state index in [1.807, 2.05) is 106 Å². The second-order valence-electron chi connectivity index (χ2n) is 17.5. The number of carbonyl (C=O) groups is 2. The fourth-order valence-corrected chi connectivity index (χ4v) is 8.20. The Bertz CT molecular complexity index is 1890. The third-order valence-electron chi connectivity index (χ3n) is 10.8. The van der Waals surface area contributed by atoms with Gasteiger partial charge in [-0.05, 0) is 104 Å². The van der Waals surface area contributed by atoms with Crippen molar-refractivity contribution in [1.82, 2.24) is 10.6 Å². The van der Waals surface area contributed by atoms with Crippen molar-refractivity contribution in [2.45, 2.75) is 122 Å². The summed E-state index contributed by atoms with van der Waals surface area (Å²) in [5.74, 6) is -0.654. The van der Waals surface area contributed by atoms with E-state index in [4.69, 9.17) is 13.9 Å². The second-order valence-corrected chi connectivity index (χ2v) is 22.2. The Balaban J connectivity index is 1.50. The zero-order chi connectivity index (χ0) is 40.7. The highest BCUT2D eigenvalue weighted by Gasteiger charge is 2.43. The first-order valence-electron chi connectivity index (χ1n) is 19.6. The summed E-state index contributed by atoms with van der Waals surface area (Å²) in [6, 6.07) is 30.9. The van der Waals surface area contributed by atoms with Crippen LogP contribution in [0.1, 0.15) is 81.8 Å². The molecule has 4 aromatic rings. The van der Waals surface area contributed by atoms with Crippen molar-refractivity contribution in [2.75, 3.05) is 0 Å². The van der Waals surface area contributed by atoms with Crippen molar-refractivity contribution >= 4 is 20.3 Å². The third kappa shape index (κ3) is 11.8. The Morgan fingerprint density at radius 1 is 0.821 bits per heavy atom. The predicted octanol–water partition coefficient (Wildman–Crippen LogP) is 9.25. The van der Waals surface area contributed by atoms with Crippen molar-refractivity contribution in [3.05, 3.63) is 137 Å². The van der Waals surface area contributed by atoms with Gasteiger partial charge in [-0.1, -0.05) is 106 Å². The summed E-state index contributed by atoms with van der Waals surface area (Å²) in [6.07, 6.45) is -1.02. The minimum atomic E-state index is -2.51. The van der Waals surface area contributed by atoms with E-state index in [0.29, 0.717) is 36.3 Å². The molecule has 8 nitrogen and oxygen atoms in total. The fraction of sp³-hybridized carbons (Fsp3) is 0.435. The van der Waals surface area contributed by atoms with Crippen LogP contribution in [-0.4, -0.2) is 49.3 Å². The predicted molar refractivity (Wildman–Crippen MR) is 221 cm³/mol. The first kappa shape index (κ1) is 42.6. The quantitative estimate of drug-likeness (QED) is 0.104. The molecule has 3 N–H and O–H groups in total. The SMILES string of the molecule is CC(C)(C)OC(=O)NC(Cc1ccccc1)C(CC(Cc1ccc(OCc2ccccc2)cc1)C(=O)NC1c2cccc(F)c2C[C@H]1O)O[Si](C)(C)C(C)(C)C. The van der Waals surface area contributed by atoms with E-state index in [9.17, 15) is 19.1 Å². The molecular formula is C46H59FN2O6Si. The number of alkyl carbamates (subject to hydrolysis) is 1. The van der Waals surface area contributed by atoms with E-state index in [1.165, 1.54) is 6.07 Å². The summed E-state index contributed by atoms with van der Waals surface area (Å²) in [5.41, 5.74) is 3.22. The van der Waals surface area contributed by atoms with Crippen LogP contribution in [0.3, 0.4) is 0 Å². The van der Waals surface area contributed by atoms with Gasteiger partial charge in [-0.3, -0.25) is 4.79 Å². The number of halogens is 1. The Labute approximate surface area is 333 Å². The lowest BCUT2D eigenvalue weighted by Gasteiger charge is -2.42. The van der Waals surface area contributed by atoms with Crippen LogP contribution in [0.5, 0.6) is 5.75 Å². The molecule has 5 atom stereocenters. The second kappa shape index (κ2) is 18.2. The first-order chi connectivity index (χ1) is 26.4. The van der Waals surface area contributed by atoms with Crippen molar-refractivity contribution in [3.63, 3.8) is 0 Å². The monoisotopic (exact) mass is 782 g/mol. The van der Waals surface area contributed by atoms with Crippen molar-refractivity contribution < 1.29 is 33.0 Å². The van der Waals surface area contributed by atoms with E-state index in [-0.39, 0.29) is 23.8 Å². The number of ether oxygens (including phenoxy) is 2. The number of benzene rings is 4. The number of fused-ring (bicyclic) bond motifs is 1. The van der Waals surface area contributed by atoms with Crippen LogP contribution >= 0.6 is 0 Å². The molecule has 1 aliphatic carbocycles. The summed E-state index contributed by atoms with van der Waals surface area (Å²) < 4.78 is 33.8. The number of hydrogen-bond acceptors (Lipinski definition) is 6. The molecule has 0 radical (unpaired) electrons. The molecule has 56 heavy (non-hydrogen) atoms. The standard InChI is InChI=1S/C46H59FN2O6Si/c1-45(2,3)54-44(52)48-39(27-31-16-11-9-12-17-31)41(55-56(7,8)46(4,5)6)28-34(43(51)49-42-36-20-15-21-38(47)37(36)29-40(42)50)26-32-22-24-35(25-23-32)53-30-33-18-13-10-14-19-33/h9-25,34,39-42,50H,26-30H2,1-8H3,(H,48,52)(H,49,51)/t34?,39?,40-,41?,42?/m1/s1. The van der Waals surface area contributed by atoms with Crippen LogP contribution in [0.25, 0.3) is 0 Å². The highest BCUT2D eigenvalue weighted by Crippen LogP contribution is 2.39. The molecule has 0 aliphatic heterocycles. The number of rotatable bonds is 15. The van der Waals surface area contributed by atoms with Crippen LogP contribution in [-0.2, 0) is 39.8 Å². The molecule has 0 spiro atoms. The maximum Gasteiger partial charge on any atom is 0.407 e. The molecule has 0 saturated heterocycles. The Morgan fingerprint density at radius 2 is 1.43 bits per heavy atom. The van der Waals surface area contributed by atoms with Gasteiger partial charge in [0.1, 0.15) is 23.8 Å². The Kier molecular flexibility index (Phi) is 13.8. The van der Waals surface area contributed by atoms with Crippen LogP contribution in [0.15, 0.2) is 103 Å². The van der Waals surface area contributed by atoms with Crippen molar-refractivity contribution in [3.8, 4) is 5.75 Å². The minimum Gasteiger partial charge on any atom is -0.489 e. The largest absolute Gasteiger partial charge is 0.489 e. The number of nitrogens with one attached hydrogen (secondary N) is 2. The zero-order valence-corrected chi connectivity index (χ0v) is 35.1. The molecule has 0 saturated carbocycles. The number of carbonyl (C=O) groups excluding carboxylic acids is 2. The molecule has 4 aromatic carbocycles. The normalized spacial score (nSPS) is 17.3. The summed E-state index contributed by atoms with van der Waals surface area (Å²) in [7, 11) is -2.51. The summed E-state index contributed by atoms with van der Waals surface area (Å²) in [4.78, 5) is 28.2. The lowest BCUT2D eigenvalue weighted by atomic mass is 9.88. The molecule has 0 heterocycles. The highest BCUT2D eigenvalue weighted by molar-refractivity contribution is 6.74. The van der Waals surface area contributed by atoms with Gasteiger partial charge in [-0.15, -0.1) is 0 Å². The van der Waals surface area contributed by atoms with Gasteiger partial charge in [0.25, 0.3) is 0 Å². The lowest BCUT2D eigenvalue weighted by molar-refractivity contribution is -0.127. The maximum atomic E-state index is 14.8. The van der Waals surface area contributed by atoms with Gasteiger partial charge in [-0.25, -0.2) is 9.18 Å². The van der Waals surface area contributed by atoms with Crippen molar-refractivity contribution in [1.29, 1.82) is 0 Å². The molecule has 0 aromatic heterocycles. The number of aliphatic hydroxyl groups is 1. The molecule has 0 bridgehead atoms. The Morgan fingerprint density at radius 3 is 2.04 bits per heavy atom. The zero-order valence-electron chi connectivity index (χ0n) is 34.1. The smallest absolute Gasteiger partial charge is 0.407 e. The van der Waals surface area contributed by atoms with Gasteiger partial charge in [0, 0.05) is 12.3 Å². The molecule has 2 amide bonds. The molecule has 10 heteroatoms. The van der Waals surface area contributed by atoms with Gasteiger partial charge in [0.2, 0.25) is 5.91 Å². The van der Waals surface area contributed by atoms with E-state index in [0.717, 1.165) is 16.7 Å². The van der Waals surface area contributed by atoms with E-state index >= 15 is 0 Å². The highest BCUT2D eigenvalue weighted by atomic mass is 28.4. The van der Waals surface area contributed by atoms with Crippen LogP contribution in [0.2, 0.25) is 18.1 Å². The van der Waals surface area contributed by atoms with Gasteiger partial charge in [0.15, 0.2) is 8.32 Å². The summed E-state index contributed by atoms with van der Waals surface area (Å²) in [6.45, 7) is 16.7. The topological polar surface area (TPSA) is 106 Å². The fourth-order valence-electron chi connectivity index (χ4n) is 6.82. The first-order valence-corrected chi connectivity index (χ1v) is 22.5.